The van der Waals surface area contributed by atoms with Gasteiger partial charge < -0.3 is 20.4 Å². The second-order valence-corrected chi connectivity index (χ2v) is 11.6. The van der Waals surface area contributed by atoms with E-state index in [9.17, 15) is 27.8 Å². The Hall–Kier alpha value is -4.34. The van der Waals surface area contributed by atoms with Crippen molar-refractivity contribution in [2.24, 2.45) is 0 Å². The Kier molecular flexibility index (Phi) is 18.3. The summed E-state index contributed by atoms with van der Waals surface area (Å²) in [5, 5.41) is 51.5. The van der Waals surface area contributed by atoms with Crippen molar-refractivity contribution < 1.29 is 51.1 Å². The van der Waals surface area contributed by atoms with E-state index in [1.54, 1.807) is 0 Å². The number of hydrogen-bond donors (Lipinski definition) is 4. The third-order valence-electron chi connectivity index (χ3n) is 6.43. The van der Waals surface area contributed by atoms with Crippen LogP contribution in [0.2, 0.25) is 0 Å². The molecule has 4 heterocycles. The number of aliphatic hydroxyl groups is 4. The van der Waals surface area contributed by atoms with Crippen molar-refractivity contribution in [1.82, 2.24) is 59.1 Å². The van der Waals surface area contributed by atoms with Crippen molar-refractivity contribution in [3.8, 4) is 0 Å². The van der Waals surface area contributed by atoms with Gasteiger partial charge in [0.05, 0.1) is 26.2 Å². The number of halogens is 6. The van der Waals surface area contributed by atoms with Crippen molar-refractivity contribution in [3.05, 3.63) is 121 Å². The third-order valence-corrected chi connectivity index (χ3v) is 6.43. The van der Waals surface area contributed by atoms with Crippen molar-refractivity contribution in [3.63, 3.8) is 0 Å². The molecule has 0 aliphatic rings. The molecule has 2 aromatic carbocycles. The normalized spacial score (nSPS) is 10.8. The van der Waals surface area contributed by atoms with Crippen LogP contribution >= 0.6 is 20.2 Å². The van der Waals surface area contributed by atoms with Gasteiger partial charge in [-0.25, -0.2) is 56.2 Å². The van der Waals surface area contributed by atoms with Gasteiger partial charge in [-0.1, -0.05) is 12.1 Å². The number of nitrogens with zero attached hydrogens (tertiary/aromatic N) is 12. The third kappa shape index (κ3) is 13.1. The molecule has 0 atom stereocenters. The van der Waals surface area contributed by atoms with Gasteiger partial charge in [0.15, 0.2) is 0 Å². The van der Waals surface area contributed by atoms with Gasteiger partial charge in [-0.05, 0) is 12.1 Å². The van der Waals surface area contributed by atoms with Crippen LogP contribution in [0.1, 0.15) is 11.1 Å². The van der Waals surface area contributed by atoms with Crippen LogP contribution in [-0.2, 0) is 50.5 Å². The molecule has 0 saturated heterocycles. The van der Waals surface area contributed by atoms with E-state index in [2.05, 4.69) is 40.3 Å². The Labute approximate surface area is 302 Å². The topological polar surface area (TPSA) is 204 Å². The first kappa shape index (κ1) is 42.8. The molecule has 0 saturated carbocycles. The number of benzene rings is 2. The molecule has 6 rings (SSSR count). The Morgan fingerprint density at radius 2 is 0.804 bits per heavy atom. The van der Waals surface area contributed by atoms with E-state index >= 15 is 0 Å². The molecule has 278 valence electrons. The number of rotatable bonds is 10. The van der Waals surface area contributed by atoms with Crippen LogP contribution in [0.5, 0.6) is 0 Å². The van der Waals surface area contributed by atoms with Gasteiger partial charge in [0.2, 0.25) is 0 Å². The van der Waals surface area contributed by atoms with Crippen LogP contribution in [-0.4, -0.2) is 93.7 Å². The Balaban J connectivity index is 0.000000301. The molecule has 0 bridgehead atoms. The molecule has 0 aliphatic heterocycles. The second kappa shape index (κ2) is 21.8. The first-order valence-electron chi connectivity index (χ1n) is 14.0. The second-order valence-electron chi connectivity index (χ2n) is 9.73. The Morgan fingerprint density at radius 1 is 0.549 bits per heavy atom. The van der Waals surface area contributed by atoms with E-state index in [0.29, 0.717) is 0 Å². The van der Waals surface area contributed by atoms with E-state index in [4.69, 9.17) is 30.4 Å². The van der Waals surface area contributed by atoms with Crippen molar-refractivity contribution in [2.45, 2.75) is 37.4 Å². The van der Waals surface area contributed by atoms with Crippen molar-refractivity contribution >= 4 is 20.2 Å². The fraction of sp³-hybridized carbons (Fsp3) is 0.286. The summed E-state index contributed by atoms with van der Waals surface area (Å²) < 4.78 is 59.9. The average molecular weight is 803 g/mol. The van der Waals surface area contributed by atoms with E-state index in [1.165, 1.54) is 81.5 Å². The zero-order valence-electron chi connectivity index (χ0n) is 26.7. The Morgan fingerprint density at radius 3 is 1.00 bits per heavy atom. The monoisotopic (exact) mass is 802 g/mol. The van der Waals surface area contributed by atoms with E-state index < -0.39 is 34.5 Å². The molecule has 0 aliphatic carbocycles. The van der Waals surface area contributed by atoms with Crippen molar-refractivity contribution in [2.75, 3.05) is 14.2 Å². The van der Waals surface area contributed by atoms with E-state index in [1.807, 2.05) is 0 Å². The van der Waals surface area contributed by atoms with Crippen LogP contribution in [0.25, 0.3) is 0 Å². The summed E-state index contributed by atoms with van der Waals surface area (Å²) in [6, 6.07) is 6.04. The van der Waals surface area contributed by atoms with Gasteiger partial charge in [-0.15, -0.1) is 0 Å². The molecule has 0 unspecified atom stereocenters. The molecule has 6 aromatic rings. The molecular formula is C28H32Cl2F4FeN12O4. The summed E-state index contributed by atoms with van der Waals surface area (Å²) in [5.74, 6) is -3.12. The predicted octanol–water partition coefficient (Wildman–Crippen LogP) is 2.07. The number of aliphatic hydroxyl groups excluding tert-OH is 2. The summed E-state index contributed by atoms with van der Waals surface area (Å²) >= 11 is 0.194. The number of hydrogen-bond acceptors (Lipinski definition) is 12. The zero-order valence-corrected chi connectivity index (χ0v) is 29.3. The number of aromatic nitrogens is 12. The molecule has 16 nitrogen and oxygen atoms in total. The summed E-state index contributed by atoms with van der Waals surface area (Å²) in [7, 11) is 11.5. The molecular weight excluding hydrogens is 771 g/mol. The van der Waals surface area contributed by atoms with Crippen LogP contribution < -0.4 is 0 Å². The standard InChI is InChI=1S/2C13H12F2N6O.2CH4O.2ClH.Fe/c2*14-10-1-2-11(12(15)3-10)13(22,4-20-8-16-6-18-20)5-21-9-17-7-19-21;2*1-2;;;/h2*1-3,6-9,22H,4-5H2;2*2H,1H3;2*1H;/q;;;;;;+2/p-2. The molecule has 0 fully saturated rings. The van der Waals surface area contributed by atoms with Crippen LogP contribution in [0.3, 0.4) is 0 Å². The van der Waals surface area contributed by atoms with E-state index in [0.717, 1.165) is 38.5 Å². The van der Waals surface area contributed by atoms with Gasteiger partial charge in [0.1, 0.15) is 85.1 Å². The maximum absolute atomic E-state index is 14.1. The van der Waals surface area contributed by atoms with Crippen LogP contribution in [0, 0.1) is 23.3 Å². The predicted molar refractivity (Wildman–Crippen MR) is 169 cm³/mol. The first-order valence-corrected chi connectivity index (χ1v) is 17.0. The molecule has 0 spiro atoms. The molecule has 0 radical (unpaired) electrons. The van der Waals surface area contributed by atoms with Crippen LogP contribution in [0.15, 0.2) is 87.0 Å². The summed E-state index contributed by atoms with van der Waals surface area (Å²) in [4.78, 5) is 15.1. The van der Waals surface area contributed by atoms with Crippen LogP contribution in [0.4, 0.5) is 17.6 Å². The zero-order chi connectivity index (χ0) is 37.9. The minimum atomic E-state index is -1.70. The quantitative estimate of drug-likeness (QED) is 0.116. The molecule has 4 N–H and O–H groups in total. The molecule has 51 heavy (non-hydrogen) atoms. The summed E-state index contributed by atoms with van der Waals surface area (Å²) in [6.45, 7) is -0.296. The fourth-order valence-corrected chi connectivity index (χ4v) is 4.50. The van der Waals surface area contributed by atoms with Gasteiger partial charge in [0, 0.05) is 37.5 Å². The average Bonchev–Trinajstić information content (AvgIpc) is 3.94. The van der Waals surface area contributed by atoms with Gasteiger partial charge in [0.25, 0.3) is 0 Å². The van der Waals surface area contributed by atoms with Gasteiger partial charge >= 0.3 is 33.3 Å². The minimum absolute atomic E-state index is 0.0556. The molecule has 0 amide bonds. The SMILES string of the molecule is CO.CO.OC(Cn1cncn1)(Cn1cncn1)c1ccc(F)cc1F.OC(Cn1cncn1)(Cn1cncn1)c1ccc(F)cc1F.[Cl][Fe][Cl]. The first-order chi connectivity index (χ1) is 24.5. The van der Waals surface area contributed by atoms with Gasteiger partial charge in [-0.3, -0.25) is 0 Å². The van der Waals surface area contributed by atoms with E-state index in [-0.39, 0.29) is 50.4 Å². The van der Waals surface area contributed by atoms with Gasteiger partial charge in [-0.2, -0.15) is 20.4 Å². The summed E-state index contributed by atoms with van der Waals surface area (Å²) in [5.41, 5.74) is -3.50. The maximum atomic E-state index is 14.1. The summed E-state index contributed by atoms with van der Waals surface area (Å²) in [6.07, 6.45) is 10.8. The molecule has 4 aromatic heterocycles. The fourth-order valence-electron chi connectivity index (χ4n) is 4.50. The molecule has 23 heteroatoms. The van der Waals surface area contributed by atoms with Crippen molar-refractivity contribution in [1.29, 1.82) is 0 Å². The Bertz CT molecular complexity index is 1590.